The fourth-order valence-electron chi connectivity index (χ4n) is 2.44. The number of carbonyl (C=O) groups is 1. The smallest absolute Gasteiger partial charge is 0.271 e. The van der Waals surface area contributed by atoms with E-state index in [4.69, 9.17) is 5.73 Å². The number of thiazole rings is 1. The summed E-state index contributed by atoms with van der Waals surface area (Å²) in [6.07, 6.45) is 4.35. The molecular weight excluding hydrogens is 284 g/mol. The van der Waals surface area contributed by atoms with Crippen molar-refractivity contribution in [2.45, 2.75) is 32.7 Å². The highest BCUT2D eigenvalue weighted by Crippen LogP contribution is 2.29. The molecule has 1 aliphatic rings. The van der Waals surface area contributed by atoms with Crippen molar-refractivity contribution in [3.8, 4) is 0 Å². The first-order valence-electron chi connectivity index (χ1n) is 6.67. The van der Waals surface area contributed by atoms with Crippen LogP contribution in [-0.4, -0.2) is 22.4 Å². The Kier molecular flexibility index (Phi) is 5.03. The summed E-state index contributed by atoms with van der Waals surface area (Å²) in [5.41, 5.74) is 8.17. The Bertz CT molecular complexity index is 626. The van der Waals surface area contributed by atoms with Crippen LogP contribution in [0.2, 0.25) is 0 Å². The summed E-state index contributed by atoms with van der Waals surface area (Å²) in [6.45, 7) is 0.550. The topological polar surface area (TPSA) is 80.9 Å². The van der Waals surface area contributed by atoms with E-state index >= 15 is 0 Å². The highest BCUT2D eigenvalue weighted by Gasteiger charge is 2.25. The van der Waals surface area contributed by atoms with E-state index in [1.165, 1.54) is 16.9 Å². The fraction of sp³-hybridized carbons (Fsp3) is 0.400. The summed E-state index contributed by atoms with van der Waals surface area (Å²) in [6, 6.07) is 4.00. The van der Waals surface area contributed by atoms with Crippen molar-refractivity contribution in [1.29, 1.82) is 0 Å². The molecule has 2 aromatic heterocycles. The van der Waals surface area contributed by atoms with Crippen LogP contribution in [0.4, 0.5) is 0 Å². The standard InChI is InChI=1S/C14H16N4OS.CH4/c15-6-5-12-17-11(8-20-12)14(19)18-10-4-3-9-2-1-7-16-13(9)10;/h1-2,7-8,10H,3-6,15H2,(H,18,19);1H4. The Balaban J connectivity index is 0.00000161. The van der Waals surface area contributed by atoms with E-state index in [1.807, 2.05) is 6.07 Å². The second kappa shape index (κ2) is 6.78. The molecule has 3 N–H and O–H groups in total. The number of nitrogens with one attached hydrogen (secondary N) is 1. The normalized spacial score (nSPS) is 16.1. The highest BCUT2D eigenvalue weighted by molar-refractivity contribution is 7.09. The molecule has 0 bridgehead atoms. The van der Waals surface area contributed by atoms with Crippen LogP contribution >= 0.6 is 11.3 Å². The van der Waals surface area contributed by atoms with Crippen LogP contribution in [0.15, 0.2) is 23.7 Å². The van der Waals surface area contributed by atoms with Gasteiger partial charge in [-0.15, -0.1) is 11.3 Å². The third-order valence-corrected chi connectivity index (χ3v) is 4.32. The zero-order valence-corrected chi connectivity index (χ0v) is 11.8. The first-order valence-corrected chi connectivity index (χ1v) is 7.55. The molecular formula is C15H20N4OS. The third-order valence-electron chi connectivity index (χ3n) is 3.41. The summed E-state index contributed by atoms with van der Waals surface area (Å²) in [5, 5.41) is 5.71. The lowest BCUT2D eigenvalue weighted by Crippen LogP contribution is -2.27. The van der Waals surface area contributed by atoms with Crippen LogP contribution in [0.1, 0.15) is 46.6 Å². The van der Waals surface area contributed by atoms with E-state index in [9.17, 15) is 4.79 Å². The van der Waals surface area contributed by atoms with Crippen molar-refractivity contribution in [2.24, 2.45) is 5.73 Å². The van der Waals surface area contributed by atoms with Crippen LogP contribution in [-0.2, 0) is 12.8 Å². The van der Waals surface area contributed by atoms with Crippen LogP contribution in [0.5, 0.6) is 0 Å². The van der Waals surface area contributed by atoms with Gasteiger partial charge in [0.1, 0.15) is 5.69 Å². The van der Waals surface area contributed by atoms with Gasteiger partial charge in [-0.25, -0.2) is 4.98 Å². The molecule has 0 saturated carbocycles. The highest BCUT2D eigenvalue weighted by atomic mass is 32.1. The largest absolute Gasteiger partial charge is 0.342 e. The summed E-state index contributed by atoms with van der Waals surface area (Å²) in [5.74, 6) is -0.131. The van der Waals surface area contributed by atoms with Gasteiger partial charge in [0, 0.05) is 18.0 Å². The molecule has 1 amide bonds. The second-order valence-corrected chi connectivity index (χ2v) is 5.72. The Morgan fingerprint density at radius 2 is 2.38 bits per heavy atom. The van der Waals surface area contributed by atoms with Crippen molar-refractivity contribution in [3.05, 3.63) is 45.7 Å². The molecule has 112 valence electrons. The quantitative estimate of drug-likeness (QED) is 0.906. The average molecular weight is 304 g/mol. The Morgan fingerprint density at radius 1 is 1.52 bits per heavy atom. The number of amides is 1. The van der Waals surface area contributed by atoms with Crippen LogP contribution < -0.4 is 11.1 Å². The van der Waals surface area contributed by atoms with Gasteiger partial charge >= 0.3 is 0 Å². The number of aromatic nitrogens is 2. The molecule has 0 spiro atoms. The monoisotopic (exact) mass is 304 g/mol. The summed E-state index contributed by atoms with van der Waals surface area (Å²) >= 11 is 1.48. The molecule has 1 aliphatic carbocycles. The summed E-state index contributed by atoms with van der Waals surface area (Å²) < 4.78 is 0. The minimum absolute atomic E-state index is 0. The molecule has 21 heavy (non-hydrogen) atoms. The van der Waals surface area contributed by atoms with Gasteiger partial charge in [-0.2, -0.15) is 0 Å². The molecule has 0 aliphatic heterocycles. The molecule has 6 heteroatoms. The first-order chi connectivity index (χ1) is 9.78. The van der Waals surface area contributed by atoms with Crippen molar-refractivity contribution in [1.82, 2.24) is 15.3 Å². The maximum absolute atomic E-state index is 12.2. The summed E-state index contributed by atoms with van der Waals surface area (Å²) in [7, 11) is 0. The lowest BCUT2D eigenvalue weighted by molar-refractivity contribution is 0.0931. The SMILES string of the molecule is C.NCCc1nc(C(=O)NC2CCc3cccnc32)cs1. The molecule has 2 aromatic rings. The number of hydrogen-bond donors (Lipinski definition) is 2. The maximum atomic E-state index is 12.2. The number of nitrogens with zero attached hydrogens (tertiary/aromatic N) is 2. The van der Waals surface area contributed by atoms with Crippen molar-refractivity contribution < 1.29 is 4.79 Å². The number of hydrogen-bond acceptors (Lipinski definition) is 5. The second-order valence-electron chi connectivity index (χ2n) is 4.78. The summed E-state index contributed by atoms with van der Waals surface area (Å²) in [4.78, 5) is 20.9. The van der Waals surface area contributed by atoms with Crippen molar-refractivity contribution in [2.75, 3.05) is 6.54 Å². The fourth-order valence-corrected chi connectivity index (χ4v) is 3.23. The average Bonchev–Trinajstić information content (AvgIpc) is 3.07. The molecule has 0 aromatic carbocycles. The molecule has 5 nitrogen and oxygen atoms in total. The Morgan fingerprint density at radius 3 is 3.19 bits per heavy atom. The zero-order chi connectivity index (χ0) is 13.9. The lowest BCUT2D eigenvalue weighted by Gasteiger charge is -2.11. The predicted octanol–water partition coefficient (Wildman–Crippen LogP) is 2.09. The lowest BCUT2D eigenvalue weighted by atomic mass is 10.2. The Hall–Kier alpha value is -1.79. The number of rotatable bonds is 4. The van der Waals surface area contributed by atoms with Crippen molar-refractivity contribution in [3.63, 3.8) is 0 Å². The maximum Gasteiger partial charge on any atom is 0.271 e. The molecule has 3 rings (SSSR count). The first kappa shape index (κ1) is 15.6. The zero-order valence-electron chi connectivity index (χ0n) is 11.0. The molecule has 0 radical (unpaired) electrons. The van der Waals surface area contributed by atoms with Crippen molar-refractivity contribution >= 4 is 17.2 Å². The number of pyridine rings is 1. The van der Waals surface area contributed by atoms with E-state index in [1.54, 1.807) is 11.6 Å². The molecule has 0 fully saturated rings. The van der Waals surface area contributed by atoms with Gasteiger partial charge < -0.3 is 11.1 Å². The molecule has 2 heterocycles. The van der Waals surface area contributed by atoms with Gasteiger partial charge in [0.05, 0.1) is 16.7 Å². The molecule has 1 unspecified atom stereocenters. The van der Waals surface area contributed by atoms with E-state index in [0.717, 1.165) is 23.5 Å². The minimum Gasteiger partial charge on any atom is -0.342 e. The van der Waals surface area contributed by atoms with Gasteiger partial charge in [0.2, 0.25) is 0 Å². The Labute approximate surface area is 128 Å². The van der Waals surface area contributed by atoms with Crippen LogP contribution in [0.25, 0.3) is 0 Å². The molecule has 0 saturated heterocycles. The molecule has 1 atom stereocenters. The number of fused-ring (bicyclic) bond motifs is 1. The number of nitrogens with two attached hydrogens (primary N) is 1. The number of carbonyl (C=O) groups excluding carboxylic acids is 1. The predicted molar refractivity (Wildman–Crippen MR) is 84.4 cm³/mol. The van der Waals surface area contributed by atoms with E-state index in [0.29, 0.717) is 18.7 Å². The van der Waals surface area contributed by atoms with Gasteiger partial charge in [-0.1, -0.05) is 13.5 Å². The number of aryl methyl sites for hydroxylation is 1. The van der Waals surface area contributed by atoms with Crippen LogP contribution in [0, 0.1) is 0 Å². The van der Waals surface area contributed by atoms with Crippen LogP contribution in [0.3, 0.4) is 0 Å². The third kappa shape index (κ3) is 3.28. The van der Waals surface area contributed by atoms with Gasteiger partial charge in [0.15, 0.2) is 0 Å². The van der Waals surface area contributed by atoms with E-state index < -0.39 is 0 Å². The minimum atomic E-state index is -0.131. The van der Waals surface area contributed by atoms with Gasteiger partial charge in [-0.05, 0) is 31.0 Å². The van der Waals surface area contributed by atoms with E-state index in [2.05, 4.69) is 21.4 Å². The van der Waals surface area contributed by atoms with E-state index in [-0.39, 0.29) is 19.4 Å². The van der Waals surface area contributed by atoms with Gasteiger partial charge in [0.25, 0.3) is 5.91 Å². The van der Waals surface area contributed by atoms with Gasteiger partial charge in [-0.3, -0.25) is 9.78 Å².